The number of ether oxygens (including phenoxy) is 3. The number of nitrogens with one attached hydrogen (secondary N) is 1. The number of rotatable bonds is 9. The summed E-state index contributed by atoms with van der Waals surface area (Å²) in [5.74, 6) is 1.16. The fraction of sp³-hybridized carbons (Fsp3) is 0.276. The van der Waals surface area contributed by atoms with E-state index in [2.05, 4.69) is 15.0 Å². The van der Waals surface area contributed by atoms with Gasteiger partial charge in [-0.3, -0.25) is 9.36 Å². The molecule has 4 heterocycles. The standard InChI is InChI=1S/C29H27F2N5O4/c1-3-38-26-11-5-18-12-22(28(37)36(27(18)34-26)19-6-8-20(9-7-19)40-29(30)31)17-4-10-23-24(13-17)35(2)25(33-23)16-39-21-14-32-15-21/h4-13,21,29,32H,3,14-16H2,1-2H3. The van der Waals surface area contributed by atoms with Crippen molar-refractivity contribution in [3.8, 4) is 28.4 Å². The number of halogens is 2. The highest BCUT2D eigenvalue weighted by molar-refractivity contribution is 5.87. The molecule has 0 atom stereocenters. The van der Waals surface area contributed by atoms with Gasteiger partial charge in [0.1, 0.15) is 18.2 Å². The van der Waals surface area contributed by atoms with E-state index in [1.165, 1.54) is 16.7 Å². The fourth-order valence-corrected chi connectivity index (χ4v) is 4.73. The van der Waals surface area contributed by atoms with Crippen molar-refractivity contribution < 1.29 is 23.0 Å². The van der Waals surface area contributed by atoms with Gasteiger partial charge in [-0.15, -0.1) is 0 Å². The van der Waals surface area contributed by atoms with Crippen LogP contribution in [-0.2, 0) is 18.4 Å². The average molecular weight is 548 g/mol. The molecule has 1 aliphatic heterocycles. The van der Waals surface area contributed by atoms with Crippen LogP contribution in [0, 0.1) is 0 Å². The molecule has 40 heavy (non-hydrogen) atoms. The van der Waals surface area contributed by atoms with Gasteiger partial charge in [0.25, 0.3) is 5.56 Å². The first kappa shape index (κ1) is 25.9. The summed E-state index contributed by atoms with van der Waals surface area (Å²) in [6, 6.07) is 17.0. The molecular weight excluding hydrogens is 520 g/mol. The number of benzene rings is 2. The number of aromatic nitrogens is 4. The smallest absolute Gasteiger partial charge is 0.387 e. The van der Waals surface area contributed by atoms with Crippen molar-refractivity contribution >= 4 is 22.1 Å². The minimum absolute atomic E-state index is 0.00904. The molecule has 0 radical (unpaired) electrons. The first-order valence-corrected chi connectivity index (χ1v) is 12.9. The number of alkyl halides is 2. The Hall–Kier alpha value is -4.35. The first-order chi connectivity index (χ1) is 19.4. The van der Waals surface area contributed by atoms with Gasteiger partial charge in [-0.05, 0) is 61.0 Å². The molecule has 1 aliphatic rings. The third-order valence-electron chi connectivity index (χ3n) is 6.91. The molecule has 0 spiro atoms. The molecule has 0 saturated carbocycles. The van der Waals surface area contributed by atoms with Gasteiger partial charge in [0.05, 0.1) is 29.4 Å². The normalized spacial score (nSPS) is 13.7. The van der Waals surface area contributed by atoms with Gasteiger partial charge in [0.15, 0.2) is 5.65 Å². The summed E-state index contributed by atoms with van der Waals surface area (Å²) >= 11 is 0. The zero-order valence-electron chi connectivity index (χ0n) is 21.9. The highest BCUT2D eigenvalue weighted by Gasteiger charge is 2.20. The van der Waals surface area contributed by atoms with E-state index in [1.54, 1.807) is 24.3 Å². The van der Waals surface area contributed by atoms with Crippen LogP contribution >= 0.6 is 0 Å². The summed E-state index contributed by atoms with van der Waals surface area (Å²) in [4.78, 5) is 23.3. The van der Waals surface area contributed by atoms with E-state index in [4.69, 9.17) is 14.5 Å². The van der Waals surface area contributed by atoms with Crippen LogP contribution in [0.25, 0.3) is 38.9 Å². The number of pyridine rings is 2. The fourth-order valence-electron chi connectivity index (χ4n) is 4.73. The summed E-state index contributed by atoms with van der Waals surface area (Å²) in [5, 5.41) is 3.89. The number of hydrogen-bond donors (Lipinski definition) is 1. The predicted octanol–water partition coefficient (Wildman–Crippen LogP) is 4.43. The van der Waals surface area contributed by atoms with E-state index in [1.807, 2.05) is 42.8 Å². The molecule has 0 amide bonds. The molecule has 1 saturated heterocycles. The maximum Gasteiger partial charge on any atom is 0.387 e. The van der Waals surface area contributed by atoms with Crippen LogP contribution in [0.5, 0.6) is 11.6 Å². The van der Waals surface area contributed by atoms with Gasteiger partial charge in [0, 0.05) is 37.2 Å². The largest absolute Gasteiger partial charge is 0.478 e. The Bertz CT molecular complexity index is 1750. The van der Waals surface area contributed by atoms with Crippen molar-refractivity contribution in [1.82, 2.24) is 24.4 Å². The predicted molar refractivity (Wildman–Crippen MR) is 146 cm³/mol. The molecular formula is C29H27F2N5O4. The van der Waals surface area contributed by atoms with Crippen LogP contribution in [0.15, 0.2) is 65.5 Å². The van der Waals surface area contributed by atoms with Gasteiger partial charge in [0.2, 0.25) is 5.88 Å². The Balaban J connectivity index is 1.46. The third kappa shape index (κ3) is 4.89. The third-order valence-corrected chi connectivity index (χ3v) is 6.91. The molecule has 6 rings (SSSR count). The van der Waals surface area contributed by atoms with Crippen molar-refractivity contribution in [3.63, 3.8) is 0 Å². The summed E-state index contributed by atoms with van der Waals surface area (Å²) in [6.07, 6.45) is 0.194. The van der Waals surface area contributed by atoms with Crippen molar-refractivity contribution in [1.29, 1.82) is 0 Å². The van der Waals surface area contributed by atoms with Crippen molar-refractivity contribution in [2.75, 3.05) is 19.7 Å². The summed E-state index contributed by atoms with van der Waals surface area (Å²) < 4.78 is 44.8. The highest BCUT2D eigenvalue weighted by atomic mass is 19.3. The minimum atomic E-state index is -2.95. The summed E-state index contributed by atoms with van der Waals surface area (Å²) in [6.45, 7) is 1.39. The van der Waals surface area contributed by atoms with Gasteiger partial charge in [-0.2, -0.15) is 13.8 Å². The molecule has 206 valence electrons. The van der Waals surface area contributed by atoms with Crippen LogP contribution in [0.4, 0.5) is 8.78 Å². The molecule has 11 heteroatoms. The van der Waals surface area contributed by atoms with Crippen LogP contribution in [0.2, 0.25) is 0 Å². The number of fused-ring (bicyclic) bond motifs is 2. The molecule has 2 aromatic carbocycles. The Labute approximate surface area is 227 Å². The number of imidazole rings is 1. The minimum Gasteiger partial charge on any atom is -0.478 e. The van der Waals surface area contributed by atoms with E-state index in [9.17, 15) is 13.6 Å². The molecule has 9 nitrogen and oxygen atoms in total. The van der Waals surface area contributed by atoms with Crippen LogP contribution < -0.4 is 20.3 Å². The SMILES string of the molecule is CCOc1ccc2cc(-c3ccc4nc(COC5CNC5)n(C)c4c3)c(=O)n(-c3ccc(OC(F)F)cc3)c2n1. The second-order valence-electron chi connectivity index (χ2n) is 9.45. The van der Waals surface area contributed by atoms with Crippen LogP contribution in [-0.4, -0.2) is 51.5 Å². The van der Waals surface area contributed by atoms with Gasteiger partial charge >= 0.3 is 6.61 Å². The lowest BCUT2D eigenvalue weighted by Crippen LogP contribution is -2.48. The monoisotopic (exact) mass is 547 g/mol. The molecule has 5 aromatic rings. The molecule has 0 unspecified atom stereocenters. The maximum atomic E-state index is 14.0. The first-order valence-electron chi connectivity index (χ1n) is 12.9. The van der Waals surface area contributed by atoms with Gasteiger partial charge in [-0.25, -0.2) is 4.98 Å². The Morgan fingerprint density at radius 3 is 2.55 bits per heavy atom. The van der Waals surface area contributed by atoms with Crippen LogP contribution in [0.3, 0.4) is 0 Å². The molecule has 0 aliphatic carbocycles. The van der Waals surface area contributed by atoms with Crippen molar-refractivity contribution in [2.45, 2.75) is 26.2 Å². The lowest BCUT2D eigenvalue weighted by molar-refractivity contribution is -0.0498. The number of aryl methyl sites for hydroxylation is 1. The zero-order valence-corrected chi connectivity index (χ0v) is 21.9. The second-order valence-corrected chi connectivity index (χ2v) is 9.45. The maximum absolute atomic E-state index is 14.0. The summed E-state index contributed by atoms with van der Waals surface area (Å²) in [5.41, 5.74) is 3.34. The Kier molecular flexibility index (Phi) is 6.91. The molecule has 1 fully saturated rings. The Morgan fingerprint density at radius 1 is 1.05 bits per heavy atom. The lowest BCUT2D eigenvalue weighted by atomic mass is 10.0. The zero-order chi connectivity index (χ0) is 27.8. The van der Waals surface area contributed by atoms with Crippen LogP contribution in [0.1, 0.15) is 12.7 Å². The Morgan fingerprint density at radius 2 is 1.85 bits per heavy atom. The van der Waals surface area contributed by atoms with Gasteiger partial charge < -0.3 is 24.1 Å². The van der Waals surface area contributed by atoms with E-state index in [-0.39, 0.29) is 17.4 Å². The van der Waals surface area contributed by atoms with E-state index in [0.29, 0.717) is 46.9 Å². The molecule has 3 aromatic heterocycles. The number of nitrogens with zero attached hydrogens (tertiary/aromatic N) is 4. The second kappa shape index (κ2) is 10.7. The number of hydrogen-bond acceptors (Lipinski definition) is 7. The van der Waals surface area contributed by atoms with E-state index >= 15 is 0 Å². The molecule has 0 bridgehead atoms. The summed E-state index contributed by atoms with van der Waals surface area (Å²) in [7, 11) is 1.93. The molecule has 1 N–H and O–H groups in total. The van der Waals surface area contributed by atoms with Crippen molar-refractivity contribution in [2.24, 2.45) is 7.05 Å². The van der Waals surface area contributed by atoms with Crippen molar-refractivity contribution in [3.05, 3.63) is 76.8 Å². The average Bonchev–Trinajstić information content (AvgIpc) is 3.22. The van der Waals surface area contributed by atoms with E-state index in [0.717, 1.165) is 29.9 Å². The topological polar surface area (TPSA) is 92.4 Å². The van der Waals surface area contributed by atoms with Gasteiger partial charge in [-0.1, -0.05) is 6.07 Å². The highest BCUT2D eigenvalue weighted by Crippen LogP contribution is 2.28. The quantitative estimate of drug-likeness (QED) is 0.292. The van der Waals surface area contributed by atoms with E-state index < -0.39 is 6.61 Å². The lowest BCUT2D eigenvalue weighted by Gasteiger charge is -2.26.